The Balaban J connectivity index is 2.60. The lowest BCUT2D eigenvalue weighted by Gasteiger charge is -2.41. The third kappa shape index (κ3) is 2.53. The molecule has 0 spiro atoms. The fourth-order valence-electron chi connectivity index (χ4n) is 2.54. The van der Waals surface area contributed by atoms with Gasteiger partial charge < -0.3 is 5.11 Å². The van der Waals surface area contributed by atoms with Crippen LogP contribution < -0.4 is 0 Å². The van der Waals surface area contributed by atoms with E-state index in [4.69, 9.17) is 5.11 Å². The lowest BCUT2D eigenvalue weighted by Crippen LogP contribution is -2.36. The summed E-state index contributed by atoms with van der Waals surface area (Å²) in [6.45, 7) is 8.73. The van der Waals surface area contributed by atoms with Gasteiger partial charge in [0.2, 0.25) is 0 Å². The van der Waals surface area contributed by atoms with Crippen molar-refractivity contribution in [3.63, 3.8) is 0 Å². The van der Waals surface area contributed by atoms with Gasteiger partial charge in [-0.05, 0) is 43.9 Å². The van der Waals surface area contributed by atoms with E-state index in [1.54, 1.807) is 0 Å². The number of hydrogen-bond donors (Lipinski definition) is 1. The van der Waals surface area contributed by atoms with Gasteiger partial charge in [-0.3, -0.25) is 4.79 Å². The molecule has 0 aromatic heterocycles. The molecular formula is C13H24O2. The van der Waals surface area contributed by atoms with Gasteiger partial charge in [-0.2, -0.15) is 0 Å². The summed E-state index contributed by atoms with van der Waals surface area (Å²) in [5.41, 5.74) is -0.0832. The van der Waals surface area contributed by atoms with Crippen molar-refractivity contribution in [3.8, 4) is 0 Å². The summed E-state index contributed by atoms with van der Waals surface area (Å²) in [5.74, 6) is 0.0881. The summed E-state index contributed by atoms with van der Waals surface area (Å²) < 4.78 is 0. The van der Waals surface area contributed by atoms with Gasteiger partial charge in [0.1, 0.15) is 0 Å². The molecule has 0 bridgehead atoms. The molecule has 1 fully saturated rings. The number of aliphatic carboxylic acids is 1. The Morgan fingerprint density at radius 1 is 1.40 bits per heavy atom. The van der Waals surface area contributed by atoms with E-state index in [0.29, 0.717) is 11.3 Å². The van der Waals surface area contributed by atoms with Crippen LogP contribution in [0, 0.1) is 16.7 Å². The third-order valence-corrected chi connectivity index (χ3v) is 4.62. The predicted molar refractivity (Wildman–Crippen MR) is 61.8 cm³/mol. The average molecular weight is 212 g/mol. The molecule has 1 aliphatic carbocycles. The van der Waals surface area contributed by atoms with Crippen molar-refractivity contribution < 1.29 is 9.90 Å². The van der Waals surface area contributed by atoms with Crippen molar-refractivity contribution in [2.75, 3.05) is 0 Å². The van der Waals surface area contributed by atoms with Gasteiger partial charge in [0.25, 0.3) is 0 Å². The molecule has 0 aromatic carbocycles. The molecule has 1 aliphatic rings. The molecule has 15 heavy (non-hydrogen) atoms. The van der Waals surface area contributed by atoms with Gasteiger partial charge >= 0.3 is 5.97 Å². The van der Waals surface area contributed by atoms with E-state index < -0.39 is 11.4 Å². The number of carbonyl (C=O) groups is 1. The van der Waals surface area contributed by atoms with Crippen LogP contribution in [0.1, 0.15) is 59.8 Å². The molecule has 0 aromatic rings. The van der Waals surface area contributed by atoms with Crippen LogP contribution in [0.5, 0.6) is 0 Å². The monoisotopic (exact) mass is 212 g/mol. The van der Waals surface area contributed by atoms with Gasteiger partial charge in [-0.25, -0.2) is 0 Å². The molecule has 1 rings (SSSR count). The lowest BCUT2D eigenvalue weighted by molar-refractivity contribution is -0.151. The number of carboxylic acid groups (broad SMARTS) is 1. The second kappa shape index (κ2) is 4.15. The van der Waals surface area contributed by atoms with Crippen molar-refractivity contribution in [2.24, 2.45) is 16.7 Å². The molecule has 0 amide bonds. The Labute approximate surface area is 93.1 Å². The van der Waals surface area contributed by atoms with Crippen LogP contribution in [0.4, 0.5) is 0 Å². The van der Waals surface area contributed by atoms with E-state index in [2.05, 4.69) is 20.8 Å². The van der Waals surface area contributed by atoms with E-state index in [-0.39, 0.29) is 0 Å². The Hall–Kier alpha value is -0.530. The lowest BCUT2D eigenvalue weighted by atomic mass is 9.63. The normalized spacial score (nSPS) is 32.7. The standard InChI is InChI=1S/C13H24O2/c1-5-12(2,3)10-6-8-13(4,9-7-10)11(14)15/h10H,5-9H2,1-4H3,(H,14,15). The number of hydrogen-bond acceptors (Lipinski definition) is 1. The van der Waals surface area contributed by atoms with Crippen molar-refractivity contribution in [2.45, 2.75) is 59.8 Å². The second-order valence-electron chi connectivity index (χ2n) is 5.98. The highest BCUT2D eigenvalue weighted by Crippen LogP contribution is 2.46. The highest BCUT2D eigenvalue weighted by atomic mass is 16.4. The quantitative estimate of drug-likeness (QED) is 0.774. The average Bonchev–Trinajstić information content (AvgIpc) is 2.18. The molecule has 0 atom stereocenters. The minimum absolute atomic E-state index is 0.375. The SMILES string of the molecule is CCC(C)(C)C1CCC(C)(C(=O)O)CC1. The second-order valence-corrected chi connectivity index (χ2v) is 5.98. The summed E-state index contributed by atoms with van der Waals surface area (Å²) in [6, 6.07) is 0. The van der Waals surface area contributed by atoms with E-state index in [0.717, 1.165) is 25.7 Å². The van der Waals surface area contributed by atoms with Crippen molar-refractivity contribution in [3.05, 3.63) is 0 Å². The van der Waals surface area contributed by atoms with Crippen molar-refractivity contribution in [1.29, 1.82) is 0 Å². The van der Waals surface area contributed by atoms with Crippen molar-refractivity contribution in [1.82, 2.24) is 0 Å². The molecule has 1 N–H and O–H groups in total. The zero-order valence-electron chi connectivity index (χ0n) is 10.5. The van der Waals surface area contributed by atoms with Crippen LogP contribution in [0.2, 0.25) is 0 Å². The minimum atomic E-state index is -0.616. The van der Waals surface area contributed by atoms with E-state index in [9.17, 15) is 4.79 Å². The van der Waals surface area contributed by atoms with Crippen LogP contribution >= 0.6 is 0 Å². The predicted octanol–water partition coefficient (Wildman–Crippen LogP) is 3.70. The zero-order valence-corrected chi connectivity index (χ0v) is 10.5. The van der Waals surface area contributed by atoms with Crippen LogP contribution in [0.15, 0.2) is 0 Å². The fourth-order valence-corrected chi connectivity index (χ4v) is 2.54. The minimum Gasteiger partial charge on any atom is -0.481 e. The Bertz CT molecular complexity index is 235. The summed E-state index contributed by atoms with van der Waals surface area (Å²) in [5, 5.41) is 9.14. The van der Waals surface area contributed by atoms with Crippen LogP contribution in [0.3, 0.4) is 0 Å². The first kappa shape index (κ1) is 12.5. The maximum absolute atomic E-state index is 11.1. The molecular weight excluding hydrogens is 188 g/mol. The zero-order chi connectivity index (χ0) is 11.7. The van der Waals surface area contributed by atoms with Gasteiger partial charge in [0, 0.05) is 0 Å². The summed E-state index contributed by atoms with van der Waals surface area (Å²) in [6.07, 6.45) is 5.02. The highest BCUT2D eigenvalue weighted by molar-refractivity contribution is 5.74. The molecule has 0 saturated heterocycles. The molecule has 0 heterocycles. The molecule has 2 heteroatoms. The van der Waals surface area contributed by atoms with Crippen molar-refractivity contribution >= 4 is 5.97 Å². The first-order chi connectivity index (χ1) is 6.82. The topological polar surface area (TPSA) is 37.3 Å². The van der Waals surface area contributed by atoms with Gasteiger partial charge in [-0.15, -0.1) is 0 Å². The smallest absolute Gasteiger partial charge is 0.309 e. The molecule has 0 unspecified atom stereocenters. The maximum atomic E-state index is 11.1. The molecule has 0 aliphatic heterocycles. The Kier molecular flexibility index (Phi) is 3.47. The third-order valence-electron chi connectivity index (χ3n) is 4.62. The van der Waals surface area contributed by atoms with E-state index in [1.807, 2.05) is 6.92 Å². The van der Waals surface area contributed by atoms with Gasteiger partial charge in [0.15, 0.2) is 0 Å². The summed E-state index contributed by atoms with van der Waals surface area (Å²) in [4.78, 5) is 11.1. The van der Waals surface area contributed by atoms with E-state index in [1.165, 1.54) is 6.42 Å². The summed E-state index contributed by atoms with van der Waals surface area (Å²) >= 11 is 0. The first-order valence-corrected chi connectivity index (χ1v) is 6.05. The Morgan fingerprint density at radius 2 is 1.87 bits per heavy atom. The maximum Gasteiger partial charge on any atom is 0.309 e. The number of carboxylic acids is 1. The fraction of sp³-hybridized carbons (Fsp3) is 0.923. The van der Waals surface area contributed by atoms with Crippen LogP contribution in [-0.2, 0) is 4.79 Å². The summed E-state index contributed by atoms with van der Waals surface area (Å²) in [7, 11) is 0. The molecule has 2 nitrogen and oxygen atoms in total. The molecule has 1 saturated carbocycles. The largest absolute Gasteiger partial charge is 0.481 e. The van der Waals surface area contributed by atoms with Crippen LogP contribution in [-0.4, -0.2) is 11.1 Å². The number of rotatable bonds is 3. The Morgan fingerprint density at radius 3 is 2.20 bits per heavy atom. The van der Waals surface area contributed by atoms with Gasteiger partial charge in [0.05, 0.1) is 5.41 Å². The van der Waals surface area contributed by atoms with Crippen LogP contribution in [0.25, 0.3) is 0 Å². The highest BCUT2D eigenvalue weighted by Gasteiger charge is 2.41. The first-order valence-electron chi connectivity index (χ1n) is 6.05. The molecule has 88 valence electrons. The van der Waals surface area contributed by atoms with Gasteiger partial charge in [-0.1, -0.05) is 27.2 Å². The molecule has 0 radical (unpaired) electrons. The van der Waals surface area contributed by atoms with E-state index >= 15 is 0 Å².